The third-order valence-corrected chi connectivity index (χ3v) is 3.74. The largest absolute Gasteiger partial charge is 0.389 e. The Bertz CT molecular complexity index is 424. The van der Waals surface area contributed by atoms with Gasteiger partial charge in [0.25, 0.3) is 0 Å². The molecular formula is C16H24ClNO3. The SMILES string of the molecule is CN(Cc1cccc(Cl)c1)CC(O)COCC1CCCO1. The summed E-state index contributed by atoms with van der Waals surface area (Å²) in [7, 11) is 1.98. The van der Waals surface area contributed by atoms with E-state index in [4.69, 9.17) is 21.1 Å². The van der Waals surface area contributed by atoms with Crippen molar-refractivity contribution in [2.45, 2.75) is 31.6 Å². The number of aliphatic hydroxyl groups is 1. The van der Waals surface area contributed by atoms with Crippen LogP contribution < -0.4 is 0 Å². The van der Waals surface area contributed by atoms with E-state index in [2.05, 4.69) is 4.90 Å². The molecule has 118 valence electrons. The number of halogens is 1. The molecule has 21 heavy (non-hydrogen) atoms. The monoisotopic (exact) mass is 313 g/mol. The topological polar surface area (TPSA) is 41.9 Å². The molecule has 0 saturated carbocycles. The summed E-state index contributed by atoms with van der Waals surface area (Å²) in [6.07, 6.45) is 1.89. The molecule has 2 unspecified atom stereocenters. The smallest absolute Gasteiger partial charge is 0.0900 e. The Hall–Kier alpha value is -0.650. The molecule has 1 aromatic carbocycles. The Balaban J connectivity index is 1.63. The lowest BCUT2D eigenvalue weighted by Crippen LogP contribution is -2.32. The van der Waals surface area contributed by atoms with Gasteiger partial charge in [0.1, 0.15) is 0 Å². The van der Waals surface area contributed by atoms with Gasteiger partial charge < -0.3 is 14.6 Å². The van der Waals surface area contributed by atoms with Crippen molar-refractivity contribution in [3.05, 3.63) is 34.9 Å². The van der Waals surface area contributed by atoms with E-state index in [1.165, 1.54) is 0 Å². The summed E-state index contributed by atoms with van der Waals surface area (Å²) in [6, 6.07) is 7.77. The van der Waals surface area contributed by atoms with Gasteiger partial charge >= 0.3 is 0 Å². The molecule has 0 radical (unpaired) electrons. The van der Waals surface area contributed by atoms with Gasteiger partial charge in [0.15, 0.2) is 0 Å². The van der Waals surface area contributed by atoms with Crippen molar-refractivity contribution in [1.82, 2.24) is 4.90 Å². The first-order valence-electron chi connectivity index (χ1n) is 7.44. The van der Waals surface area contributed by atoms with Crippen molar-refractivity contribution in [2.75, 3.05) is 33.4 Å². The van der Waals surface area contributed by atoms with E-state index in [9.17, 15) is 5.11 Å². The highest BCUT2D eigenvalue weighted by Crippen LogP contribution is 2.13. The van der Waals surface area contributed by atoms with E-state index >= 15 is 0 Å². The molecule has 1 aliphatic rings. The number of benzene rings is 1. The van der Waals surface area contributed by atoms with Crippen LogP contribution in [-0.4, -0.2) is 55.6 Å². The number of likely N-dealkylation sites (N-methyl/N-ethyl adjacent to an activating group) is 1. The van der Waals surface area contributed by atoms with E-state index in [0.717, 1.165) is 36.6 Å². The van der Waals surface area contributed by atoms with Crippen LogP contribution in [0, 0.1) is 0 Å². The van der Waals surface area contributed by atoms with Crippen molar-refractivity contribution in [2.24, 2.45) is 0 Å². The van der Waals surface area contributed by atoms with E-state index in [1.807, 2.05) is 31.3 Å². The molecule has 1 heterocycles. The zero-order valence-electron chi connectivity index (χ0n) is 12.5. The van der Waals surface area contributed by atoms with Gasteiger partial charge in [0.2, 0.25) is 0 Å². The molecule has 1 saturated heterocycles. The first-order valence-corrected chi connectivity index (χ1v) is 7.81. The molecule has 1 fully saturated rings. The fourth-order valence-corrected chi connectivity index (χ4v) is 2.75. The second kappa shape index (κ2) is 8.71. The quantitative estimate of drug-likeness (QED) is 0.800. The van der Waals surface area contributed by atoms with Crippen LogP contribution in [0.25, 0.3) is 0 Å². The van der Waals surface area contributed by atoms with Crippen LogP contribution in [0.15, 0.2) is 24.3 Å². The summed E-state index contributed by atoms with van der Waals surface area (Å²) in [4.78, 5) is 2.06. The number of ether oxygens (including phenoxy) is 2. The fraction of sp³-hybridized carbons (Fsp3) is 0.625. The predicted octanol–water partition coefficient (Wildman–Crippen LogP) is 2.33. The highest BCUT2D eigenvalue weighted by molar-refractivity contribution is 6.30. The third kappa shape index (κ3) is 6.32. The summed E-state index contributed by atoms with van der Waals surface area (Å²) in [6.45, 7) is 3.08. The van der Waals surface area contributed by atoms with Crippen LogP contribution in [0.2, 0.25) is 5.02 Å². The maximum Gasteiger partial charge on any atom is 0.0900 e. The number of hydrogen-bond donors (Lipinski definition) is 1. The van der Waals surface area contributed by atoms with Gasteiger partial charge in [-0.25, -0.2) is 0 Å². The first-order chi connectivity index (χ1) is 10.1. The second-order valence-electron chi connectivity index (χ2n) is 5.65. The molecule has 0 aliphatic carbocycles. The number of rotatable bonds is 8. The van der Waals surface area contributed by atoms with Crippen molar-refractivity contribution >= 4 is 11.6 Å². The van der Waals surface area contributed by atoms with Gasteiger partial charge in [0, 0.05) is 24.7 Å². The molecule has 4 nitrogen and oxygen atoms in total. The van der Waals surface area contributed by atoms with Gasteiger partial charge in [-0.2, -0.15) is 0 Å². The van der Waals surface area contributed by atoms with E-state index in [1.54, 1.807) is 0 Å². The van der Waals surface area contributed by atoms with Crippen molar-refractivity contribution in [3.63, 3.8) is 0 Å². The maximum absolute atomic E-state index is 9.99. The zero-order valence-corrected chi connectivity index (χ0v) is 13.3. The molecule has 1 aliphatic heterocycles. The van der Waals surface area contributed by atoms with E-state index in [-0.39, 0.29) is 6.10 Å². The Labute approximate surface area is 131 Å². The van der Waals surface area contributed by atoms with Crippen LogP contribution >= 0.6 is 11.6 Å². The Morgan fingerprint density at radius 2 is 2.38 bits per heavy atom. The lowest BCUT2D eigenvalue weighted by molar-refractivity contribution is -0.0238. The minimum atomic E-state index is -0.490. The van der Waals surface area contributed by atoms with Crippen LogP contribution in [-0.2, 0) is 16.0 Å². The Kier molecular flexibility index (Phi) is 6.93. The van der Waals surface area contributed by atoms with Crippen molar-refractivity contribution < 1.29 is 14.6 Å². The average molecular weight is 314 g/mol. The highest BCUT2D eigenvalue weighted by atomic mass is 35.5. The molecule has 0 spiro atoms. The summed E-state index contributed by atoms with van der Waals surface area (Å²) >= 11 is 5.96. The normalized spacial score (nSPS) is 20.1. The first kappa shape index (κ1) is 16.7. The lowest BCUT2D eigenvalue weighted by Gasteiger charge is -2.21. The van der Waals surface area contributed by atoms with Crippen LogP contribution in [0.4, 0.5) is 0 Å². The minimum Gasteiger partial charge on any atom is -0.389 e. The zero-order chi connectivity index (χ0) is 15.1. The van der Waals surface area contributed by atoms with Gasteiger partial charge in [-0.15, -0.1) is 0 Å². The van der Waals surface area contributed by atoms with Gasteiger partial charge in [-0.3, -0.25) is 4.90 Å². The summed E-state index contributed by atoms with van der Waals surface area (Å²) in [5.74, 6) is 0. The van der Waals surface area contributed by atoms with Crippen molar-refractivity contribution in [3.8, 4) is 0 Å². The summed E-state index contributed by atoms with van der Waals surface area (Å²) < 4.78 is 11.0. The van der Waals surface area contributed by atoms with Crippen molar-refractivity contribution in [1.29, 1.82) is 0 Å². The second-order valence-corrected chi connectivity index (χ2v) is 6.09. The number of hydrogen-bond acceptors (Lipinski definition) is 4. The predicted molar refractivity (Wildman–Crippen MR) is 83.6 cm³/mol. The fourth-order valence-electron chi connectivity index (χ4n) is 2.54. The molecule has 0 amide bonds. The van der Waals surface area contributed by atoms with E-state index < -0.39 is 6.10 Å². The van der Waals surface area contributed by atoms with Gasteiger partial charge in [0.05, 0.1) is 25.4 Å². The van der Waals surface area contributed by atoms with Gasteiger partial charge in [-0.05, 0) is 37.6 Å². The molecule has 1 aromatic rings. The summed E-state index contributed by atoms with van der Waals surface area (Å²) in [5, 5.41) is 10.7. The minimum absolute atomic E-state index is 0.210. The number of aliphatic hydroxyl groups excluding tert-OH is 1. The molecule has 2 atom stereocenters. The molecule has 1 N–H and O–H groups in total. The third-order valence-electron chi connectivity index (χ3n) is 3.50. The summed E-state index contributed by atoms with van der Waals surface area (Å²) in [5.41, 5.74) is 1.14. The van der Waals surface area contributed by atoms with E-state index in [0.29, 0.717) is 19.8 Å². The number of nitrogens with zero attached hydrogens (tertiary/aromatic N) is 1. The molecule has 2 rings (SSSR count). The van der Waals surface area contributed by atoms with Crippen LogP contribution in [0.5, 0.6) is 0 Å². The van der Waals surface area contributed by atoms with Crippen LogP contribution in [0.3, 0.4) is 0 Å². The molecular weight excluding hydrogens is 290 g/mol. The average Bonchev–Trinajstić information content (AvgIpc) is 2.91. The van der Waals surface area contributed by atoms with Crippen LogP contribution in [0.1, 0.15) is 18.4 Å². The molecule has 0 aromatic heterocycles. The molecule has 0 bridgehead atoms. The lowest BCUT2D eigenvalue weighted by atomic mass is 10.2. The van der Waals surface area contributed by atoms with Gasteiger partial charge in [-0.1, -0.05) is 23.7 Å². The maximum atomic E-state index is 9.99. The standard InChI is InChI=1S/C16H24ClNO3/c1-18(9-13-4-2-5-14(17)8-13)10-15(19)11-20-12-16-6-3-7-21-16/h2,4-5,8,15-16,19H,3,6-7,9-12H2,1H3. The molecule has 5 heteroatoms. The highest BCUT2D eigenvalue weighted by Gasteiger charge is 2.16. The Morgan fingerprint density at radius 1 is 1.52 bits per heavy atom. The Morgan fingerprint density at radius 3 is 3.10 bits per heavy atom.